The van der Waals surface area contributed by atoms with Gasteiger partial charge in [-0.3, -0.25) is 9.32 Å². The molecule has 2 aliphatic carbocycles. The first kappa shape index (κ1) is 29.3. The minimum atomic E-state index is -4.74. The second-order valence-corrected chi connectivity index (χ2v) is 12.3. The smallest absolute Gasteiger partial charge is 0.469 e. The molecule has 2 fully saturated rings. The predicted octanol–water partition coefficient (Wildman–Crippen LogP) is 3.23. The van der Waals surface area contributed by atoms with Crippen molar-refractivity contribution < 1.29 is 43.2 Å². The van der Waals surface area contributed by atoms with Crippen LogP contribution in [0, 0.1) is 11.8 Å². The Kier molecular flexibility index (Phi) is 11.5. The third-order valence-electron chi connectivity index (χ3n) is 6.54. The van der Waals surface area contributed by atoms with E-state index < -0.39 is 43.2 Å². The Morgan fingerprint density at radius 3 is 2.53 bits per heavy atom. The number of esters is 1. The van der Waals surface area contributed by atoms with Crippen molar-refractivity contribution in [2.24, 2.45) is 11.8 Å². The maximum Gasteiger partial charge on any atom is 0.469 e. The standard InChI is InChI=1S/C25H37O9PS/c26-18(17-36(32)20-8-4-3-5-9-20)12-15-21-22(24(16-23(21)27)34-35(29,30)31)10-6-1-2-7-11-25(28)33-19-13-14-19/h3-5,8-9,12,15,18-19,21-24,26-27H,1-2,6-7,10-11,13-14,16-17H2,(H2,29,30,31)/b15-12+/t18-,21?,22-,23-,24+,36?/m1/s1. The Labute approximate surface area is 215 Å². The number of ether oxygens (including phenoxy) is 1. The summed E-state index contributed by atoms with van der Waals surface area (Å²) >= 11 is -1.39. The van der Waals surface area contributed by atoms with Crippen LogP contribution in [0.4, 0.5) is 0 Å². The van der Waals surface area contributed by atoms with Crippen molar-refractivity contribution in [1.82, 2.24) is 0 Å². The number of phosphoric acid groups is 1. The highest BCUT2D eigenvalue weighted by atomic mass is 32.2. The molecule has 0 aliphatic heterocycles. The van der Waals surface area contributed by atoms with Crippen molar-refractivity contribution in [3.63, 3.8) is 0 Å². The lowest BCUT2D eigenvalue weighted by atomic mass is 9.88. The number of carbonyl (C=O) groups is 1. The number of aliphatic hydroxyl groups is 2. The lowest BCUT2D eigenvalue weighted by Crippen LogP contribution is -2.23. The highest BCUT2D eigenvalue weighted by molar-refractivity contribution is 7.91. The Morgan fingerprint density at radius 2 is 1.86 bits per heavy atom. The van der Waals surface area contributed by atoms with Gasteiger partial charge in [0.2, 0.25) is 0 Å². The quantitative estimate of drug-likeness (QED) is 0.0856. The lowest BCUT2D eigenvalue weighted by Gasteiger charge is -2.24. The third kappa shape index (κ3) is 10.3. The van der Waals surface area contributed by atoms with E-state index in [0.717, 1.165) is 38.5 Å². The van der Waals surface area contributed by atoms with Gasteiger partial charge in [0.05, 0.1) is 12.2 Å². The van der Waals surface area contributed by atoms with Crippen LogP contribution in [0.3, 0.4) is 0 Å². The molecule has 0 aromatic heterocycles. The average Bonchev–Trinajstić information content (AvgIpc) is 3.57. The summed E-state index contributed by atoms with van der Waals surface area (Å²) in [6, 6.07) is 8.82. The average molecular weight is 545 g/mol. The summed E-state index contributed by atoms with van der Waals surface area (Å²) in [7, 11) is -4.74. The fourth-order valence-corrected chi connectivity index (χ4v) is 6.29. The number of aliphatic hydroxyl groups excluding tert-OH is 2. The SMILES string of the molecule is O=C(CCCCCC[C@@H]1C(/C=C/[C@@H](O)C[S+]([O-])c2ccccc2)[C@H](O)C[C@@H]1OP(=O)(O)O)OC1CC1. The number of hydrogen-bond acceptors (Lipinski definition) is 7. The number of rotatable bonds is 15. The molecule has 36 heavy (non-hydrogen) atoms. The normalized spacial score (nSPS) is 26.2. The molecule has 4 N–H and O–H groups in total. The van der Waals surface area contributed by atoms with Crippen molar-refractivity contribution in [2.45, 2.75) is 87.1 Å². The van der Waals surface area contributed by atoms with Crippen LogP contribution in [0.2, 0.25) is 0 Å². The molecular weight excluding hydrogens is 507 g/mol. The monoisotopic (exact) mass is 544 g/mol. The number of phosphoric ester groups is 1. The fourth-order valence-electron chi connectivity index (χ4n) is 4.62. The molecule has 0 saturated heterocycles. The zero-order valence-electron chi connectivity index (χ0n) is 20.3. The van der Waals surface area contributed by atoms with Crippen LogP contribution < -0.4 is 0 Å². The number of unbranched alkanes of at least 4 members (excludes halogenated alkanes) is 3. The largest absolute Gasteiger partial charge is 0.611 e. The first-order valence-electron chi connectivity index (χ1n) is 12.5. The van der Waals surface area contributed by atoms with Gasteiger partial charge in [-0.1, -0.05) is 49.6 Å². The zero-order valence-corrected chi connectivity index (χ0v) is 22.0. The van der Waals surface area contributed by atoms with Gasteiger partial charge in [-0.2, -0.15) is 0 Å². The van der Waals surface area contributed by atoms with Crippen LogP contribution in [0.5, 0.6) is 0 Å². The van der Waals surface area contributed by atoms with Gasteiger partial charge in [0, 0.05) is 18.8 Å². The molecule has 0 amide bonds. The van der Waals surface area contributed by atoms with E-state index in [1.165, 1.54) is 6.08 Å². The molecule has 9 nitrogen and oxygen atoms in total. The molecule has 202 valence electrons. The first-order valence-corrected chi connectivity index (χ1v) is 15.4. The molecule has 3 rings (SSSR count). The minimum Gasteiger partial charge on any atom is -0.611 e. The number of hydrogen-bond donors (Lipinski definition) is 4. The van der Waals surface area contributed by atoms with Crippen molar-refractivity contribution in [3.8, 4) is 0 Å². The predicted molar refractivity (Wildman–Crippen MR) is 134 cm³/mol. The van der Waals surface area contributed by atoms with Crippen LogP contribution in [0.15, 0.2) is 47.4 Å². The third-order valence-corrected chi connectivity index (χ3v) is 8.52. The molecule has 2 aliphatic rings. The summed E-state index contributed by atoms with van der Waals surface area (Å²) < 4.78 is 34.1. The minimum absolute atomic E-state index is 0.000410. The summed E-state index contributed by atoms with van der Waals surface area (Å²) in [4.78, 5) is 30.9. The van der Waals surface area contributed by atoms with Crippen LogP contribution in [-0.4, -0.2) is 60.7 Å². The van der Waals surface area contributed by atoms with E-state index in [1.54, 1.807) is 30.3 Å². The van der Waals surface area contributed by atoms with Gasteiger partial charge in [0.1, 0.15) is 18.0 Å². The number of benzene rings is 1. The van der Waals surface area contributed by atoms with E-state index in [2.05, 4.69) is 0 Å². The highest BCUT2D eigenvalue weighted by Crippen LogP contribution is 2.47. The van der Waals surface area contributed by atoms with Crippen LogP contribution >= 0.6 is 7.82 Å². The molecule has 11 heteroatoms. The molecule has 2 unspecified atom stereocenters. The molecule has 1 aromatic carbocycles. The molecule has 2 saturated carbocycles. The van der Waals surface area contributed by atoms with Gasteiger partial charge < -0.3 is 29.3 Å². The summed E-state index contributed by atoms with van der Waals surface area (Å²) in [5.41, 5.74) is 0. The zero-order chi connectivity index (χ0) is 26.1. The topological polar surface area (TPSA) is 157 Å². The van der Waals surface area contributed by atoms with Gasteiger partial charge in [0.15, 0.2) is 4.90 Å². The summed E-state index contributed by atoms with van der Waals surface area (Å²) in [5, 5.41) is 21.0. The maximum atomic E-state index is 12.4. The Balaban J connectivity index is 1.51. The van der Waals surface area contributed by atoms with Crippen LogP contribution in [0.1, 0.15) is 57.8 Å². The molecular formula is C25H37O9PS. The summed E-state index contributed by atoms with van der Waals surface area (Å²) in [5.74, 6) is -0.978. The maximum absolute atomic E-state index is 12.4. The van der Waals surface area contributed by atoms with Crippen molar-refractivity contribution in [1.29, 1.82) is 0 Å². The Bertz CT molecular complexity index is 889. The molecule has 0 heterocycles. The Morgan fingerprint density at radius 1 is 1.17 bits per heavy atom. The van der Waals surface area contributed by atoms with E-state index in [0.29, 0.717) is 17.7 Å². The second kappa shape index (κ2) is 14.1. The first-order chi connectivity index (χ1) is 17.1. The van der Waals surface area contributed by atoms with Gasteiger partial charge in [-0.25, -0.2) is 4.57 Å². The van der Waals surface area contributed by atoms with Crippen LogP contribution in [0.25, 0.3) is 0 Å². The molecule has 1 aromatic rings. The van der Waals surface area contributed by atoms with Gasteiger partial charge in [0.25, 0.3) is 0 Å². The molecule has 6 atom stereocenters. The van der Waals surface area contributed by atoms with Crippen LogP contribution in [-0.2, 0) is 29.8 Å². The van der Waals surface area contributed by atoms with E-state index in [4.69, 9.17) is 9.26 Å². The number of carbonyl (C=O) groups excluding carboxylic acids is 1. The van der Waals surface area contributed by atoms with Crippen molar-refractivity contribution in [2.75, 3.05) is 5.75 Å². The summed E-state index contributed by atoms with van der Waals surface area (Å²) in [6.07, 6.45) is 6.58. The lowest BCUT2D eigenvalue weighted by molar-refractivity contribution is -0.145. The highest BCUT2D eigenvalue weighted by Gasteiger charge is 2.44. The molecule has 0 spiro atoms. The summed E-state index contributed by atoms with van der Waals surface area (Å²) in [6.45, 7) is 0. The molecule has 0 bridgehead atoms. The van der Waals surface area contributed by atoms with Gasteiger partial charge in [-0.15, -0.1) is 0 Å². The van der Waals surface area contributed by atoms with Crippen molar-refractivity contribution >= 4 is 25.0 Å². The van der Waals surface area contributed by atoms with E-state index in [-0.39, 0.29) is 30.2 Å². The fraction of sp³-hybridized carbons (Fsp3) is 0.640. The van der Waals surface area contributed by atoms with E-state index in [9.17, 15) is 33.9 Å². The van der Waals surface area contributed by atoms with Gasteiger partial charge >= 0.3 is 13.8 Å². The van der Waals surface area contributed by atoms with E-state index in [1.807, 2.05) is 6.07 Å². The van der Waals surface area contributed by atoms with Gasteiger partial charge in [-0.05, 0) is 54.9 Å². The van der Waals surface area contributed by atoms with E-state index >= 15 is 0 Å². The Hall–Kier alpha value is -1.23. The van der Waals surface area contributed by atoms with Crippen molar-refractivity contribution in [3.05, 3.63) is 42.5 Å². The second-order valence-electron chi connectivity index (χ2n) is 9.60. The molecule has 0 radical (unpaired) electrons.